The molecule has 7 nitrogen and oxygen atoms in total. The van der Waals surface area contributed by atoms with Crippen LogP contribution in [0.5, 0.6) is 5.88 Å². The first kappa shape index (κ1) is 17.3. The number of hydrogen-bond acceptors (Lipinski definition) is 5. The van der Waals surface area contributed by atoms with Gasteiger partial charge in [0.05, 0.1) is 19.3 Å². The Morgan fingerprint density at radius 2 is 2.08 bits per heavy atom. The second kappa shape index (κ2) is 7.16. The zero-order valence-corrected chi connectivity index (χ0v) is 15.0. The number of aromatic nitrogens is 6. The van der Waals surface area contributed by atoms with Crippen LogP contribution in [0.25, 0.3) is 17.0 Å². The van der Waals surface area contributed by atoms with Crippen LogP contribution >= 0.6 is 0 Å². The van der Waals surface area contributed by atoms with Gasteiger partial charge in [-0.2, -0.15) is 14.5 Å². The predicted molar refractivity (Wildman–Crippen MR) is 92.5 cm³/mol. The highest BCUT2D eigenvalue weighted by Crippen LogP contribution is 2.30. The summed E-state index contributed by atoms with van der Waals surface area (Å²) in [4.78, 5) is 8.75. The molecule has 0 aliphatic heterocycles. The lowest BCUT2D eigenvalue weighted by Gasteiger charge is -2.17. The fraction of sp³-hybridized carbons (Fsp3) is 0.529. The van der Waals surface area contributed by atoms with Gasteiger partial charge in [-0.25, -0.2) is 9.67 Å². The van der Waals surface area contributed by atoms with Crippen molar-refractivity contribution in [2.75, 3.05) is 7.11 Å². The van der Waals surface area contributed by atoms with E-state index < -0.39 is 5.95 Å². The van der Waals surface area contributed by atoms with Gasteiger partial charge in [0.1, 0.15) is 0 Å². The Morgan fingerprint density at radius 1 is 1.28 bits per heavy atom. The molecule has 0 spiro atoms. The van der Waals surface area contributed by atoms with E-state index in [1.165, 1.54) is 11.8 Å². The van der Waals surface area contributed by atoms with Crippen molar-refractivity contribution >= 4 is 11.0 Å². The number of unbranched alkanes of at least 4 members (excludes halogenated alkanes) is 1. The molecule has 0 saturated carbocycles. The number of ether oxygens (including phenoxy) is 1. The summed E-state index contributed by atoms with van der Waals surface area (Å²) in [6.07, 6.45) is 7.37. The van der Waals surface area contributed by atoms with Gasteiger partial charge < -0.3 is 4.74 Å². The predicted octanol–water partition coefficient (Wildman–Crippen LogP) is 3.61. The highest BCUT2D eigenvalue weighted by atomic mass is 19.1. The quantitative estimate of drug-likeness (QED) is 0.653. The third kappa shape index (κ3) is 3.20. The van der Waals surface area contributed by atoms with E-state index >= 15 is 0 Å². The molecule has 25 heavy (non-hydrogen) atoms. The second-order valence-electron chi connectivity index (χ2n) is 6.13. The largest absolute Gasteiger partial charge is 0.479 e. The van der Waals surface area contributed by atoms with E-state index in [1.54, 1.807) is 17.1 Å². The summed E-state index contributed by atoms with van der Waals surface area (Å²) in [5.41, 5.74) is 1.62. The lowest BCUT2D eigenvalue weighted by molar-refractivity contribution is 0.376. The summed E-state index contributed by atoms with van der Waals surface area (Å²) >= 11 is 0. The van der Waals surface area contributed by atoms with Gasteiger partial charge in [-0.3, -0.25) is 4.68 Å². The van der Waals surface area contributed by atoms with Crippen molar-refractivity contribution in [3.8, 4) is 11.8 Å². The molecule has 0 aromatic carbocycles. The summed E-state index contributed by atoms with van der Waals surface area (Å²) in [6.45, 7) is 6.12. The summed E-state index contributed by atoms with van der Waals surface area (Å²) < 4.78 is 23.1. The number of aryl methyl sites for hydroxylation is 1. The molecule has 0 N–H and O–H groups in total. The van der Waals surface area contributed by atoms with Crippen LogP contribution in [-0.2, 0) is 0 Å². The van der Waals surface area contributed by atoms with Crippen molar-refractivity contribution < 1.29 is 9.13 Å². The molecule has 1 unspecified atom stereocenters. The van der Waals surface area contributed by atoms with Crippen molar-refractivity contribution in [1.82, 2.24) is 29.5 Å². The number of methoxy groups -OCH3 is 1. The van der Waals surface area contributed by atoms with Gasteiger partial charge in [0.15, 0.2) is 11.0 Å². The molecule has 3 heterocycles. The van der Waals surface area contributed by atoms with E-state index in [-0.39, 0.29) is 17.5 Å². The van der Waals surface area contributed by atoms with E-state index in [9.17, 15) is 4.39 Å². The van der Waals surface area contributed by atoms with E-state index in [0.717, 1.165) is 31.2 Å². The smallest absolute Gasteiger partial charge is 0.259 e. The van der Waals surface area contributed by atoms with E-state index in [1.807, 2.05) is 6.92 Å². The van der Waals surface area contributed by atoms with Crippen molar-refractivity contribution in [3.05, 3.63) is 23.9 Å². The van der Waals surface area contributed by atoms with Crippen LogP contribution in [0.15, 0.2) is 12.4 Å². The average molecular weight is 346 g/mol. The zero-order valence-electron chi connectivity index (χ0n) is 15.0. The fourth-order valence-corrected chi connectivity index (χ4v) is 2.94. The molecule has 0 aliphatic rings. The molecular formula is C17H23FN6O. The third-order valence-electron chi connectivity index (χ3n) is 4.28. The van der Waals surface area contributed by atoms with E-state index in [0.29, 0.717) is 11.4 Å². The summed E-state index contributed by atoms with van der Waals surface area (Å²) in [6, 6.07) is 0.0854. The Kier molecular flexibility index (Phi) is 4.96. The van der Waals surface area contributed by atoms with Crippen molar-refractivity contribution in [1.29, 1.82) is 0 Å². The topological polar surface area (TPSA) is 70.7 Å². The fourth-order valence-electron chi connectivity index (χ4n) is 2.94. The van der Waals surface area contributed by atoms with Gasteiger partial charge in [0, 0.05) is 6.20 Å². The normalized spacial score (nSPS) is 12.7. The van der Waals surface area contributed by atoms with Crippen LogP contribution in [-0.4, -0.2) is 36.6 Å². The molecule has 0 radical (unpaired) electrons. The van der Waals surface area contributed by atoms with Crippen molar-refractivity contribution in [3.63, 3.8) is 0 Å². The Hall–Kier alpha value is -2.51. The van der Waals surface area contributed by atoms with Crippen LogP contribution in [0.3, 0.4) is 0 Å². The first-order valence-corrected chi connectivity index (χ1v) is 8.60. The molecule has 0 amide bonds. The van der Waals surface area contributed by atoms with Gasteiger partial charge >= 0.3 is 0 Å². The molecule has 0 saturated heterocycles. The molecule has 0 bridgehead atoms. The second-order valence-corrected chi connectivity index (χ2v) is 6.13. The van der Waals surface area contributed by atoms with Crippen LogP contribution in [0.4, 0.5) is 4.39 Å². The lowest BCUT2D eigenvalue weighted by Crippen LogP contribution is -2.12. The highest BCUT2D eigenvalue weighted by Gasteiger charge is 2.23. The molecule has 0 fully saturated rings. The average Bonchev–Trinajstić information content (AvgIpc) is 3.19. The molecule has 3 aromatic heterocycles. The van der Waals surface area contributed by atoms with Gasteiger partial charge in [-0.15, -0.1) is 5.10 Å². The van der Waals surface area contributed by atoms with Crippen molar-refractivity contribution in [2.24, 2.45) is 0 Å². The van der Waals surface area contributed by atoms with Gasteiger partial charge in [-0.1, -0.05) is 26.7 Å². The Bertz CT molecular complexity index is 872. The maximum atomic E-state index is 14.5. The number of halogens is 1. The monoisotopic (exact) mass is 346 g/mol. The minimum atomic E-state index is -0.615. The molecule has 1 atom stereocenters. The summed E-state index contributed by atoms with van der Waals surface area (Å²) in [5.74, 6) is -0.0483. The first-order valence-electron chi connectivity index (χ1n) is 8.60. The SMILES string of the molecule is CCCCC(CC)n1nc(F)c2nc(-n3cc(C)cn3)nc(OC)c21. The molecule has 134 valence electrons. The zero-order chi connectivity index (χ0) is 18.0. The molecule has 8 heteroatoms. The minimum Gasteiger partial charge on any atom is -0.479 e. The van der Waals surface area contributed by atoms with Crippen LogP contribution in [0, 0.1) is 12.9 Å². The molecule has 3 aromatic rings. The lowest BCUT2D eigenvalue weighted by atomic mass is 10.1. The van der Waals surface area contributed by atoms with Crippen LogP contribution < -0.4 is 4.74 Å². The van der Waals surface area contributed by atoms with Gasteiger partial charge in [0.2, 0.25) is 5.88 Å². The first-order chi connectivity index (χ1) is 12.1. The number of hydrogen-bond donors (Lipinski definition) is 0. The Labute approximate surface area is 145 Å². The number of nitrogens with zero attached hydrogens (tertiary/aromatic N) is 6. The third-order valence-corrected chi connectivity index (χ3v) is 4.28. The van der Waals surface area contributed by atoms with Gasteiger partial charge in [-0.05, 0) is 25.3 Å². The summed E-state index contributed by atoms with van der Waals surface area (Å²) in [5, 5.41) is 8.28. The number of rotatable bonds is 7. The minimum absolute atomic E-state index is 0.0854. The summed E-state index contributed by atoms with van der Waals surface area (Å²) in [7, 11) is 1.52. The molecular weight excluding hydrogens is 323 g/mol. The maximum absolute atomic E-state index is 14.5. The highest BCUT2D eigenvalue weighted by molar-refractivity contribution is 5.80. The number of fused-ring (bicyclic) bond motifs is 1. The van der Waals surface area contributed by atoms with Gasteiger partial charge in [0.25, 0.3) is 11.9 Å². The van der Waals surface area contributed by atoms with Crippen molar-refractivity contribution in [2.45, 2.75) is 52.5 Å². The Morgan fingerprint density at radius 3 is 2.68 bits per heavy atom. The maximum Gasteiger partial charge on any atom is 0.259 e. The van der Waals surface area contributed by atoms with Crippen LogP contribution in [0.1, 0.15) is 51.1 Å². The van der Waals surface area contributed by atoms with E-state index in [2.05, 4.69) is 34.0 Å². The molecule has 0 aliphatic carbocycles. The Balaban J connectivity index is 2.15. The van der Waals surface area contributed by atoms with E-state index in [4.69, 9.17) is 4.74 Å². The molecule has 3 rings (SSSR count). The standard InChI is InChI=1S/C17H23FN6O/c1-5-7-8-12(6-2)24-14-13(15(18)22-24)20-17(21-16(14)25-4)23-10-11(3)9-19-23/h9-10,12H,5-8H2,1-4H3. The van der Waals surface area contributed by atoms with Crippen LogP contribution in [0.2, 0.25) is 0 Å².